The lowest BCUT2D eigenvalue weighted by Gasteiger charge is -2.23. The van der Waals surface area contributed by atoms with E-state index >= 15 is 0 Å². The number of para-hydroxylation sites is 1. The van der Waals surface area contributed by atoms with E-state index in [1.807, 2.05) is 36.9 Å². The SMILES string of the molecule is CCNC(=NCc1c(C)nn(CCOC)c1C)N(C)Cc1ccccc1OC.I. The van der Waals surface area contributed by atoms with Gasteiger partial charge in [0.2, 0.25) is 0 Å². The van der Waals surface area contributed by atoms with Crippen molar-refractivity contribution in [2.45, 2.75) is 40.4 Å². The molecule has 0 aliphatic carbocycles. The summed E-state index contributed by atoms with van der Waals surface area (Å²) in [5.41, 5.74) is 4.44. The first-order chi connectivity index (χ1) is 13.5. The largest absolute Gasteiger partial charge is 0.496 e. The number of halogens is 1. The van der Waals surface area contributed by atoms with Crippen LogP contribution in [0.5, 0.6) is 5.75 Å². The smallest absolute Gasteiger partial charge is 0.194 e. The zero-order valence-electron chi connectivity index (χ0n) is 18.4. The van der Waals surface area contributed by atoms with Crippen molar-refractivity contribution in [1.29, 1.82) is 0 Å². The third-order valence-electron chi connectivity index (χ3n) is 4.72. The highest BCUT2D eigenvalue weighted by Crippen LogP contribution is 2.19. The van der Waals surface area contributed by atoms with E-state index in [1.165, 1.54) is 0 Å². The Kier molecular flexibility index (Phi) is 11.0. The van der Waals surface area contributed by atoms with Crippen molar-refractivity contribution >= 4 is 29.9 Å². The number of aromatic nitrogens is 2. The maximum atomic E-state index is 5.47. The van der Waals surface area contributed by atoms with Crippen molar-refractivity contribution in [1.82, 2.24) is 20.0 Å². The highest BCUT2D eigenvalue weighted by atomic mass is 127. The average Bonchev–Trinajstić information content (AvgIpc) is 2.96. The molecular weight excluding hydrogens is 481 g/mol. The Morgan fingerprint density at radius 3 is 2.62 bits per heavy atom. The summed E-state index contributed by atoms with van der Waals surface area (Å²) in [6.07, 6.45) is 0. The zero-order valence-corrected chi connectivity index (χ0v) is 20.7. The molecule has 2 rings (SSSR count). The molecule has 7 nitrogen and oxygen atoms in total. The van der Waals surface area contributed by atoms with E-state index in [9.17, 15) is 0 Å². The van der Waals surface area contributed by atoms with Crippen LogP contribution in [-0.4, -0.2) is 55.1 Å². The number of hydrogen-bond acceptors (Lipinski definition) is 4. The van der Waals surface area contributed by atoms with Crippen molar-refractivity contribution in [3.63, 3.8) is 0 Å². The third-order valence-corrected chi connectivity index (χ3v) is 4.72. The molecule has 0 fully saturated rings. The minimum atomic E-state index is 0. The molecule has 0 aliphatic heterocycles. The fourth-order valence-electron chi connectivity index (χ4n) is 3.15. The van der Waals surface area contributed by atoms with Crippen molar-refractivity contribution in [2.75, 3.05) is 34.4 Å². The lowest BCUT2D eigenvalue weighted by Crippen LogP contribution is -2.38. The Balaban J connectivity index is 0.00000420. The van der Waals surface area contributed by atoms with Crippen LogP contribution in [0.25, 0.3) is 0 Å². The van der Waals surface area contributed by atoms with Gasteiger partial charge in [-0.1, -0.05) is 18.2 Å². The molecule has 2 aromatic rings. The number of guanidine groups is 1. The quantitative estimate of drug-likeness (QED) is 0.315. The lowest BCUT2D eigenvalue weighted by atomic mass is 10.2. The summed E-state index contributed by atoms with van der Waals surface area (Å²) >= 11 is 0. The number of nitrogens with zero attached hydrogens (tertiary/aromatic N) is 4. The molecule has 0 bridgehead atoms. The first kappa shape index (κ1) is 25.2. The minimum absolute atomic E-state index is 0. The first-order valence-corrected chi connectivity index (χ1v) is 9.64. The van der Waals surface area contributed by atoms with Gasteiger partial charge in [-0.2, -0.15) is 5.10 Å². The summed E-state index contributed by atoms with van der Waals surface area (Å²) in [5, 5.41) is 8.00. The molecule has 0 saturated carbocycles. The number of aryl methyl sites for hydroxylation is 1. The maximum absolute atomic E-state index is 5.47. The van der Waals surface area contributed by atoms with Crippen LogP contribution >= 0.6 is 24.0 Å². The summed E-state index contributed by atoms with van der Waals surface area (Å²) in [7, 11) is 5.44. The van der Waals surface area contributed by atoms with Gasteiger partial charge in [-0.25, -0.2) is 4.99 Å². The second kappa shape index (κ2) is 12.7. The van der Waals surface area contributed by atoms with Gasteiger partial charge in [0.15, 0.2) is 5.96 Å². The zero-order chi connectivity index (χ0) is 20.5. The summed E-state index contributed by atoms with van der Waals surface area (Å²) in [6, 6.07) is 8.06. The van der Waals surface area contributed by atoms with Crippen LogP contribution in [0.2, 0.25) is 0 Å². The van der Waals surface area contributed by atoms with Crippen molar-refractivity contribution in [2.24, 2.45) is 4.99 Å². The summed E-state index contributed by atoms with van der Waals surface area (Å²) < 4.78 is 12.6. The van der Waals surface area contributed by atoms with Gasteiger partial charge in [0.25, 0.3) is 0 Å². The van der Waals surface area contributed by atoms with Gasteiger partial charge in [-0.05, 0) is 26.8 Å². The van der Waals surface area contributed by atoms with Gasteiger partial charge in [0.1, 0.15) is 5.75 Å². The van der Waals surface area contributed by atoms with Crippen LogP contribution in [0.3, 0.4) is 0 Å². The lowest BCUT2D eigenvalue weighted by molar-refractivity contribution is 0.182. The number of benzene rings is 1. The van der Waals surface area contributed by atoms with E-state index in [0.717, 1.165) is 47.3 Å². The average molecular weight is 515 g/mol. The number of aliphatic imine (C=N–C) groups is 1. The third kappa shape index (κ3) is 6.88. The van der Waals surface area contributed by atoms with Crippen LogP contribution in [0.1, 0.15) is 29.4 Å². The standard InChI is InChI=1S/C21H33N5O2.HI/c1-7-22-21(25(4)15-18-10-8-9-11-20(18)28-6)23-14-19-16(2)24-26(17(19)3)12-13-27-5;/h8-11H,7,12-15H2,1-6H3,(H,22,23);1H. The molecule has 0 spiro atoms. The van der Waals surface area contributed by atoms with Crippen molar-refractivity contribution < 1.29 is 9.47 Å². The number of nitrogens with one attached hydrogen (secondary N) is 1. The monoisotopic (exact) mass is 515 g/mol. The van der Waals surface area contributed by atoms with Gasteiger partial charge in [0, 0.05) is 44.1 Å². The predicted molar refractivity (Wildman–Crippen MR) is 128 cm³/mol. The molecule has 0 radical (unpaired) electrons. The van der Waals surface area contributed by atoms with Gasteiger partial charge >= 0.3 is 0 Å². The number of methoxy groups -OCH3 is 2. The van der Waals surface area contributed by atoms with Crippen LogP contribution in [-0.2, 0) is 24.4 Å². The van der Waals surface area contributed by atoms with E-state index in [-0.39, 0.29) is 24.0 Å². The summed E-state index contributed by atoms with van der Waals surface area (Å²) in [5.74, 6) is 1.74. The van der Waals surface area contributed by atoms with E-state index in [4.69, 9.17) is 14.5 Å². The highest BCUT2D eigenvalue weighted by Gasteiger charge is 2.13. The Bertz CT molecular complexity index is 791. The molecule has 29 heavy (non-hydrogen) atoms. The second-order valence-electron chi connectivity index (χ2n) is 6.70. The first-order valence-electron chi connectivity index (χ1n) is 9.64. The van der Waals surface area contributed by atoms with Gasteiger partial charge in [0.05, 0.1) is 32.5 Å². The molecule has 1 aromatic carbocycles. The van der Waals surface area contributed by atoms with Crippen molar-refractivity contribution in [3.05, 3.63) is 46.8 Å². The fourth-order valence-corrected chi connectivity index (χ4v) is 3.15. The molecule has 162 valence electrons. The van der Waals surface area contributed by atoms with E-state index in [1.54, 1.807) is 14.2 Å². The molecule has 0 aliphatic rings. The highest BCUT2D eigenvalue weighted by molar-refractivity contribution is 14.0. The van der Waals surface area contributed by atoms with E-state index in [0.29, 0.717) is 19.7 Å². The Morgan fingerprint density at radius 1 is 1.24 bits per heavy atom. The Hall–Kier alpha value is -1.81. The molecule has 0 amide bonds. The molecule has 1 heterocycles. The molecule has 1 N–H and O–H groups in total. The van der Waals surface area contributed by atoms with Crippen molar-refractivity contribution in [3.8, 4) is 5.75 Å². The predicted octanol–water partition coefficient (Wildman–Crippen LogP) is 3.37. The molecule has 0 unspecified atom stereocenters. The van der Waals surface area contributed by atoms with Crippen LogP contribution in [0.4, 0.5) is 0 Å². The molecule has 0 saturated heterocycles. The van der Waals surface area contributed by atoms with Gasteiger partial charge in [-0.3, -0.25) is 4.68 Å². The van der Waals surface area contributed by atoms with Crippen LogP contribution in [0.15, 0.2) is 29.3 Å². The number of ether oxygens (including phenoxy) is 2. The topological polar surface area (TPSA) is 63.9 Å². The van der Waals surface area contributed by atoms with Crippen LogP contribution < -0.4 is 10.1 Å². The normalized spacial score (nSPS) is 11.2. The fraction of sp³-hybridized carbons (Fsp3) is 0.524. The molecule has 1 aromatic heterocycles. The molecule has 8 heteroatoms. The maximum Gasteiger partial charge on any atom is 0.194 e. The number of hydrogen-bond donors (Lipinski definition) is 1. The van der Waals surface area contributed by atoms with Crippen LogP contribution in [0, 0.1) is 13.8 Å². The molecular formula is C21H34IN5O2. The second-order valence-corrected chi connectivity index (χ2v) is 6.70. The van der Waals surface area contributed by atoms with Gasteiger partial charge in [-0.15, -0.1) is 24.0 Å². The summed E-state index contributed by atoms with van der Waals surface area (Å²) in [6.45, 7) is 9.70. The number of rotatable bonds is 9. The minimum Gasteiger partial charge on any atom is -0.496 e. The summed E-state index contributed by atoms with van der Waals surface area (Å²) in [4.78, 5) is 6.97. The van der Waals surface area contributed by atoms with E-state index in [2.05, 4.69) is 35.2 Å². The Morgan fingerprint density at radius 2 is 1.97 bits per heavy atom. The molecule has 0 atom stereocenters. The van der Waals surface area contributed by atoms with E-state index < -0.39 is 0 Å². The van der Waals surface area contributed by atoms with Gasteiger partial charge < -0.3 is 19.7 Å². The Labute approximate surface area is 191 Å².